The zero-order valence-corrected chi connectivity index (χ0v) is 46.6. The number of nitrogens with zero attached hydrogens (tertiary/aromatic N) is 2. The molecule has 0 radical (unpaired) electrons. The lowest BCUT2D eigenvalue weighted by Gasteiger charge is -2.33. The Kier molecular flexibility index (Phi) is 50.2. The topological polar surface area (TPSA) is 319 Å². The summed E-state index contributed by atoms with van der Waals surface area (Å²) in [5, 5.41) is 89.8. The second kappa shape index (κ2) is 46.0. The first-order valence-electron chi connectivity index (χ1n) is 24.6. The summed E-state index contributed by atoms with van der Waals surface area (Å²) in [6.07, 6.45) is -2.90. The highest BCUT2D eigenvalue weighted by Crippen LogP contribution is 2.36. The Morgan fingerprint density at radius 2 is 0.746 bits per heavy atom. The summed E-state index contributed by atoms with van der Waals surface area (Å²) < 4.78 is 0. The Bertz CT molecular complexity index is 1790. The number of carbonyl (C=O) groups is 6. The third-order valence-corrected chi connectivity index (χ3v) is 9.76. The van der Waals surface area contributed by atoms with Crippen molar-refractivity contribution in [1.29, 1.82) is 0 Å². The van der Waals surface area contributed by atoms with Gasteiger partial charge in [0, 0.05) is 54.6 Å². The van der Waals surface area contributed by atoms with Gasteiger partial charge in [0.25, 0.3) is 23.6 Å². The van der Waals surface area contributed by atoms with Crippen molar-refractivity contribution in [2.24, 2.45) is 0 Å². The maximum Gasteiger partial charge on any atom is 0.252 e. The number of aliphatic hydroxyl groups is 8. The fourth-order valence-corrected chi connectivity index (χ4v) is 7.11. The Morgan fingerprint density at radius 1 is 0.479 bits per heavy atom. The Morgan fingerprint density at radius 3 is 1.01 bits per heavy atom. The van der Waals surface area contributed by atoms with Crippen molar-refractivity contribution < 1.29 is 69.6 Å². The van der Waals surface area contributed by atoms with E-state index in [2.05, 4.69) is 21.3 Å². The lowest BCUT2D eigenvalue weighted by molar-refractivity contribution is -0.108. The van der Waals surface area contributed by atoms with Crippen LogP contribution in [0.5, 0.6) is 0 Å². The second-order valence-corrected chi connectivity index (χ2v) is 13.8. The van der Waals surface area contributed by atoms with E-state index in [0.29, 0.717) is 23.2 Å². The van der Waals surface area contributed by atoms with Gasteiger partial charge < -0.3 is 76.7 Å². The number of benzene rings is 2. The average molecular weight is 1020 g/mol. The number of anilines is 2. The molecular formula is C51H96N6O14. The Balaban J connectivity index is -0.000000690. The highest BCUT2D eigenvalue weighted by atomic mass is 16.3. The van der Waals surface area contributed by atoms with Crippen LogP contribution < -0.4 is 31.1 Å². The standard InChI is InChI=1S/C38H58N6O13.6C2H6.CH2O/c1-19-29(35(54)39-8-10-45)21(3)33(22(4)31(19)37(56)41-25(14-47)15-48)43(7)12-27(52)28(53)13-44(18-51)34-23(5)30(36(55)40-9-11-46)20(2)32(24(34)6)38(57)42-26(16-49)17-50;7*1-2/h18,25-28,45-50,52-53H,8-17H2,1-7H3,(H,39,54)(H,40,55)(H,41,56)(H,42,57);6*1-2H3;1H2. The van der Waals surface area contributed by atoms with E-state index in [9.17, 15) is 64.8 Å². The molecule has 0 bridgehead atoms. The minimum atomic E-state index is -1.66. The quantitative estimate of drug-likeness (QED) is 0.0755. The molecule has 0 fully saturated rings. The molecule has 0 aliphatic carbocycles. The molecule has 0 aliphatic heterocycles. The van der Waals surface area contributed by atoms with Crippen LogP contribution in [0.4, 0.5) is 11.4 Å². The molecule has 2 unspecified atom stereocenters. The molecule has 12 N–H and O–H groups in total. The maximum atomic E-state index is 13.5. The molecular weight excluding hydrogens is 921 g/mol. The van der Waals surface area contributed by atoms with Gasteiger partial charge in [-0.25, -0.2) is 0 Å². The number of rotatable bonds is 22. The molecule has 414 valence electrons. The molecule has 0 aromatic heterocycles. The maximum absolute atomic E-state index is 13.5. The normalized spacial score (nSPS) is 10.4. The number of amides is 5. The van der Waals surface area contributed by atoms with Crippen LogP contribution in [-0.2, 0) is 9.59 Å². The van der Waals surface area contributed by atoms with Crippen LogP contribution in [0.25, 0.3) is 0 Å². The van der Waals surface area contributed by atoms with E-state index in [4.69, 9.17) is 4.79 Å². The van der Waals surface area contributed by atoms with E-state index >= 15 is 0 Å². The number of likely N-dealkylation sites (N-methyl/N-ethyl adjacent to an activating group) is 1. The molecule has 0 aliphatic rings. The van der Waals surface area contributed by atoms with Gasteiger partial charge in [-0.15, -0.1) is 0 Å². The van der Waals surface area contributed by atoms with E-state index < -0.39 is 80.9 Å². The summed E-state index contributed by atoms with van der Waals surface area (Å²) in [5.41, 5.74) is 2.15. The number of nitrogens with one attached hydrogen (secondary N) is 4. The zero-order chi connectivity index (χ0) is 57.3. The van der Waals surface area contributed by atoms with Crippen LogP contribution in [0, 0.1) is 41.5 Å². The first-order valence-corrected chi connectivity index (χ1v) is 24.6. The smallest absolute Gasteiger partial charge is 0.252 e. The molecule has 2 rings (SSSR count). The molecule has 71 heavy (non-hydrogen) atoms. The van der Waals surface area contributed by atoms with E-state index in [1.54, 1.807) is 27.8 Å². The first-order chi connectivity index (χ1) is 33.9. The van der Waals surface area contributed by atoms with Crippen molar-refractivity contribution in [2.45, 2.75) is 149 Å². The largest absolute Gasteiger partial charge is 0.395 e. The lowest BCUT2D eigenvalue weighted by Crippen LogP contribution is -2.45. The van der Waals surface area contributed by atoms with Crippen molar-refractivity contribution in [3.8, 4) is 0 Å². The van der Waals surface area contributed by atoms with Crippen LogP contribution in [0.15, 0.2) is 0 Å². The zero-order valence-electron chi connectivity index (χ0n) is 46.6. The summed E-state index contributed by atoms with van der Waals surface area (Å²) in [4.78, 5) is 77.0. The predicted molar refractivity (Wildman–Crippen MR) is 285 cm³/mol. The van der Waals surface area contributed by atoms with Gasteiger partial charge >= 0.3 is 0 Å². The summed E-state index contributed by atoms with van der Waals surface area (Å²) in [6, 6.07) is -2.04. The van der Waals surface area contributed by atoms with Crippen molar-refractivity contribution in [2.75, 3.05) is 82.7 Å². The van der Waals surface area contributed by atoms with E-state index in [-0.39, 0.29) is 83.0 Å². The monoisotopic (exact) mass is 1020 g/mol. The molecule has 0 saturated carbocycles. The molecule has 0 spiro atoms. The van der Waals surface area contributed by atoms with Crippen LogP contribution in [0.1, 0.15) is 158 Å². The van der Waals surface area contributed by atoms with Crippen LogP contribution in [0.2, 0.25) is 0 Å². The van der Waals surface area contributed by atoms with Gasteiger partial charge in [-0.2, -0.15) is 0 Å². The van der Waals surface area contributed by atoms with Gasteiger partial charge in [0.05, 0.1) is 76.2 Å². The number of carbonyl (C=O) groups excluding carboxylic acids is 6. The molecule has 0 heterocycles. The molecule has 2 aromatic rings. The van der Waals surface area contributed by atoms with Gasteiger partial charge in [0.2, 0.25) is 6.41 Å². The number of hydrogen-bond acceptors (Lipinski definition) is 15. The fraction of sp³-hybridized carbons (Fsp3) is 0.647. The molecule has 20 heteroatoms. The minimum Gasteiger partial charge on any atom is -0.395 e. The molecule has 0 saturated heterocycles. The minimum absolute atomic E-state index is 0.00587. The van der Waals surface area contributed by atoms with Gasteiger partial charge in [-0.05, 0) is 74.9 Å². The van der Waals surface area contributed by atoms with Crippen molar-refractivity contribution in [3.05, 3.63) is 55.6 Å². The van der Waals surface area contributed by atoms with Crippen molar-refractivity contribution in [1.82, 2.24) is 21.3 Å². The van der Waals surface area contributed by atoms with E-state index in [1.165, 1.54) is 25.7 Å². The van der Waals surface area contributed by atoms with Crippen molar-refractivity contribution >= 4 is 48.2 Å². The summed E-state index contributed by atoms with van der Waals surface area (Å²) in [6.45, 7) is 31.2. The predicted octanol–water partition coefficient (Wildman–Crippen LogP) is 2.94. The van der Waals surface area contributed by atoms with E-state index in [0.717, 1.165) is 4.90 Å². The highest BCUT2D eigenvalue weighted by molar-refractivity contribution is 6.08. The molecule has 2 aromatic carbocycles. The second-order valence-electron chi connectivity index (χ2n) is 13.8. The fourth-order valence-electron chi connectivity index (χ4n) is 7.11. The van der Waals surface area contributed by atoms with Gasteiger partial charge in [-0.1, -0.05) is 83.1 Å². The van der Waals surface area contributed by atoms with E-state index in [1.807, 2.05) is 89.9 Å². The van der Waals surface area contributed by atoms with Crippen LogP contribution >= 0.6 is 0 Å². The third-order valence-electron chi connectivity index (χ3n) is 9.76. The Hall–Kier alpha value is -5.06. The highest BCUT2D eigenvalue weighted by Gasteiger charge is 2.32. The molecule has 20 nitrogen and oxygen atoms in total. The average Bonchev–Trinajstić information content (AvgIpc) is 3.39. The first kappa shape index (κ1) is 77.4. The third kappa shape index (κ3) is 23.4. The Labute approximate surface area is 425 Å². The van der Waals surface area contributed by atoms with Gasteiger partial charge in [-0.3, -0.25) is 24.0 Å². The summed E-state index contributed by atoms with van der Waals surface area (Å²) in [7, 11) is 1.54. The van der Waals surface area contributed by atoms with Crippen LogP contribution in [-0.4, -0.2) is 175 Å². The van der Waals surface area contributed by atoms with Crippen molar-refractivity contribution in [3.63, 3.8) is 0 Å². The van der Waals surface area contributed by atoms with Gasteiger partial charge in [0.1, 0.15) is 6.79 Å². The number of aliphatic hydroxyl groups excluding tert-OH is 8. The number of hydrogen-bond donors (Lipinski definition) is 12. The molecule has 2 atom stereocenters. The molecule has 5 amide bonds. The summed E-state index contributed by atoms with van der Waals surface area (Å²) >= 11 is 0. The lowest BCUT2D eigenvalue weighted by atomic mass is 9.89. The SMILES string of the molecule is C=O.CC.CC.CC.CC.CC.CC.Cc1c(C(=O)NCCO)c(C)c(N(C)CC(O)C(O)CN(C=O)c2c(C)c(C(=O)NCCO)c(C)c(C(=O)NC(CO)CO)c2C)c(C)c1C(=O)NC(CO)CO. The van der Waals surface area contributed by atoms with Gasteiger partial charge in [0.15, 0.2) is 0 Å². The van der Waals surface area contributed by atoms with Crippen LogP contribution in [0.3, 0.4) is 0 Å². The summed E-state index contributed by atoms with van der Waals surface area (Å²) in [5.74, 6) is -2.74.